The van der Waals surface area contributed by atoms with Crippen LogP contribution in [0, 0.1) is 12.8 Å². The van der Waals surface area contributed by atoms with Gasteiger partial charge in [-0.2, -0.15) is 0 Å². The quantitative estimate of drug-likeness (QED) is 0.933. The molecule has 1 aliphatic heterocycles. The lowest BCUT2D eigenvalue weighted by atomic mass is 9.95. The summed E-state index contributed by atoms with van der Waals surface area (Å²) in [7, 11) is 0. The number of aryl methyl sites for hydroxylation is 1. The molecule has 1 aromatic heterocycles. The molecular weight excluding hydrogens is 284 g/mol. The molecule has 1 N–H and O–H groups in total. The fraction of sp³-hybridized carbons (Fsp3) is 0.353. The molecule has 110 valence electrons. The number of hydrogen-bond donors (Lipinski definition) is 1. The number of nitrogens with zero attached hydrogens (tertiary/aromatic N) is 1. The normalized spacial score (nSPS) is 19.4. The molecule has 3 rings (SSSR count). The summed E-state index contributed by atoms with van der Waals surface area (Å²) in [5, 5.41) is 4.05. The van der Waals surface area contributed by atoms with E-state index in [1.54, 1.807) is 6.20 Å². The molecule has 0 aliphatic carbocycles. The Morgan fingerprint density at radius 2 is 2.14 bits per heavy atom. The first-order valence-corrected chi connectivity index (χ1v) is 7.66. The number of ether oxygens (including phenoxy) is 1. The van der Waals surface area contributed by atoms with Gasteiger partial charge >= 0.3 is 0 Å². The van der Waals surface area contributed by atoms with Crippen molar-refractivity contribution in [3.8, 4) is 5.88 Å². The highest BCUT2D eigenvalue weighted by atomic mass is 35.5. The van der Waals surface area contributed by atoms with Gasteiger partial charge in [0.15, 0.2) is 0 Å². The van der Waals surface area contributed by atoms with Crippen molar-refractivity contribution in [2.75, 3.05) is 13.1 Å². The van der Waals surface area contributed by atoms with Crippen LogP contribution >= 0.6 is 11.6 Å². The van der Waals surface area contributed by atoms with Crippen LogP contribution in [0.5, 0.6) is 5.88 Å². The van der Waals surface area contributed by atoms with Crippen LogP contribution in [0.15, 0.2) is 42.6 Å². The molecule has 0 saturated carbocycles. The van der Waals surface area contributed by atoms with E-state index in [0.717, 1.165) is 25.1 Å². The van der Waals surface area contributed by atoms with Crippen molar-refractivity contribution in [2.45, 2.75) is 19.4 Å². The molecule has 2 aromatic rings. The van der Waals surface area contributed by atoms with Crippen LogP contribution in [0.25, 0.3) is 0 Å². The maximum atomic E-state index is 6.26. The Morgan fingerprint density at radius 3 is 2.81 bits per heavy atom. The standard InChI is InChI=1S/C17H19ClN2O/c1-12-9-15(18)11-20-17(12)21-16(14-7-8-19-10-14)13-5-3-2-4-6-13/h2-6,9,11,14,16,19H,7-8,10H2,1H3/t14-,16-/m0/s1. The summed E-state index contributed by atoms with van der Waals surface area (Å²) < 4.78 is 6.26. The third-order valence-corrected chi connectivity index (χ3v) is 4.10. The molecule has 0 bridgehead atoms. The van der Waals surface area contributed by atoms with Crippen molar-refractivity contribution in [3.05, 3.63) is 58.7 Å². The van der Waals surface area contributed by atoms with Gasteiger partial charge in [-0.1, -0.05) is 41.9 Å². The molecular formula is C17H19ClN2O. The van der Waals surface area contributed by atoms with Gasteiger partial charge in [-0.15, -0.1) is 0 Å². The van der Waals surface area contributed by atoms with Crippen LogP contribution in [-0.4, -0.2) is 18.1 Å². The van der Waals surface area contributed by atoms with E-state index < -0.39 is 0 Å². The minimum absolute atomic E-state index is 0.0218. The van der Waals surface area contributed by atoms with E-state index in [1.807, 2.05) is 19.1 Å². The fourth-order valence-corrected chi connectivity index (χ4v) is 3.00. The zero-order chi connectivity index (χ0) is 14.7. The molecule has 1 aliphatic rings. The van der Waals surface area contributed by atoms with Crippen molar-refractivity contribution in [3.63, 3.8) is 0 Å². The molecule has 2 heterocycles. The maximum Gasteiger partial charge on any atom is 0.216 e. The minimum atomic E-state index is 0.0218. The first kappa shape index (κ1) is 14.4. The van der Waals surface area contributed by atoms with Crippen LogP contribution < -0.4 is 10.1 Å². The summed E-state index contributed by atoms with van der Waals surface area (Å²) in [5.41, 5.74) is 2.16. The highest BCUT2D eigenvalue weighted by Gasteiger charge is 2.28. The van der Waals surface area contributed by atoms with Gasteiger partial charge in [0.2, 0.25) is 5.88 Å². The maximum absolute atomic E-state index is 6.26. The summed E-state index contributed by atoms with van der Waals surface area (Å²) in [6.45, 7) is 4.00. The average Bonchev–Trinajstić information content (AvgIpc) is 3.01. The topological polar surface area (TPSA) is 34.1 Å². The lowest BCUT2D eigenvalue weighted by Gasteiger charge is -2.25. The van der Waals surface area contributed by atoms with E-state index in [2.05, 4.69) is 34.6 Å². The molecule has 1 saturated heterocycles. The van der Waals surface area contributed by atoms with Gasteiger partial charge in [0.25, 0.3) is 0 Å². The zero-order valence-corrected chi connectivity index (χ0v) is 12.8. The van der Waals surface area contributed by atoms with Crippen LogP contribution in [0.3, 0.4) is 0 Å². The first-order valence-electron chi connectivity index (χ1n) is 7.28. The number of hydrogen-bond acceptors (Lipinski definition) is 3. The SMILES string of the molecule is Cc1cc(Cl)cnc1O[C@@H](c1ccccc1)[C@H]1CCNC1. The molecule has 21 heavy (non-hydrogen) atoms. The monoisotopic (exact) mass is 302 g/mol. The van der Waals surface area contributed by atoms with Gasteiger partial charge in [-0.25, -0.2) is 4.98 Å². The van der Waals surface area contributed by atoms with Gasteiger partial charge < -0.3 is 10.1 Å². The van der Waals surface area contributed by atoms with Crippen LogP contribution in [-0.2, 0) is 0 Å². The van der Waals surface area contributed by atoms with Crippen molar-refractivity contribution >= 4 is 11.6 Å². The van der Waals surface area contributed by atoms with Gasteiger partial charge in [-0.3, -0.25) is 0 Å². The smallest absolute Gasteiger partial charge is 0.216 e. The second-order valence-electron chi connectivity index (χ2n) is 5.48. The van der Waals surface area contributed by atoms with Crippen molar-refractivity contribution < 1.29 is 4.74 Å². The van der Waals surface area contributed by atoms with E-state index in [9.17, 15) is 0 Å². The second-order valence-corrected chi connectivity index (χ2v) is 5.91. The molecule has 0 amide bonds. The summed E-state index contributed by atoms with van der Waals surface area (Å²) >= 11 is 5.97. The van der Waals surface area contributed by atoms with E-state index >= 15 is 0 Å². The third kappa shape index (κ3) is 3.36. The summed E-state index contributed by atoms with van der Waals surface area (Å²) in [5.74, 6) is 1.13. The Labute approximate surface area is 130 Å². The van der Waals surface area contributed by atoms with Crippen LogP contribution in [0.2, 0.25) is 5.02 Å². The Balaban J connectivity index is 1.88. The lowest BCUT2D eigenvalue weighted by Crippen LogP contribution is -2.22. The highest BCUT2D eigenvalue weighted by Crippen LogP contribution is 2.32. The van der Waals surface area contributed by atoms with E-state index in [0.29, 0.717) is 16.8 Å². The number of benzene rings is 1. The zero-order valence-electron chi connectivity index (χ0n) is 12.1. The Kier molecular flexibility index (Phi) is 4.42. The van der Waals surface area contributed by atoms with Gasteiger partial charge in [0.05, 0.1) is 5.02 Å². The first-order chi connectivity index (χ1) is 10.2. The fourth-order valence-electron chi connectivity index (χ4n) is 2.79. The average molecular weight is 303 g/mol. The van der Waals surface area contributed by atoms with Crippen molar-refractivity contribution in [2.24, 2.45) is 5.92 Å². The van der Waals surface area contributed by atoms with Crippen molar-refractivity contribution in [1.29, 1.82) is 0 Å². The molecule has 2 atom stereocenters. The minimum Gasteiger partial charge on any atom is -0.469 e. The van der Waals surface area contributed by atoms with Gasteiger partial charge in [0, 0.05) is 24.2 Å². The molecule has 0 spiro atoms. The molecule has 0 unspecified atom stereocenters. The Bertz CT molecular complexity index is 597. The summed E-state index contributed by atoms with van der Waals surface area (Å²) in [4.78, 5) is 4.34. The van der Waals surface area contributed by atoms with Crippen LogP contribution in [0.1, 0.15) is 23.7 Å². The Morgan fingerprint density at radius 1 is 1.33 bits per heavy atom. The van der Waals surface area contributed by atoms with E-state index in [4.69, 9.17) is 16.3 Å². The Hall–Kier alpha value is -1.58. The highest BCUT2D eigenvalue weighted by molar-refractivity contribution is 6.30. The van der Waals surface area contributed by atoms with Gasteiger partial charge in [0.1, 0.15) is 6.10 Å². The third-order valence-electron chi connectivity index (χ3n) is 3.89. The largest absolute Gasteiger partial charge is 0.469 e. The molecule has 1 aromatic carbocycles. The number of pyridine rings is 1. The van der Waals surface area contributed by atoms with Gasteiger partial charge in [-0.05, 0) is 31.5 Å². The number of aromatic nitrogens is 1. The number of halogens is 1. The van der Waals surface area contributed by atoms with Crippen LogP contribution in [0.4, 0.5) is 0 Å². The molecule has 0 radical (unpaired) electrons. The summed E-state index contributed by atoms with van der Waals surface area (Å²) in [6.07, 6.45) is 2.78. The van der Waals surface area contributed by atoms with E-state index in [1.165, 1.54) is 5.56 Å². The van der Waals surface area contributed by atoms with E-state index in [-0.39, 0.29) is 6.10 Å². The summed E-state index contributed by atoms with van der Waals surface area (Å²) in [6, 6.07) is 12.3. The van der Waals surface area contributed by atoms with Crippen molar-refractivity contribution in [1.82, 2.24) is 10.3 Å². The molecule has 4 heteroatoms. The number of rotatable bonds is 4. The predicted molar refractivity (Wildman–Crippen MR) is 84.8 cm³/mol. The number of nitrogens with one attached hydrogen (secondary N) is 1. The predicted octanol–water partition coefficient (Wildman–Crippen LogP) is 3.77. The molecule has 1 fully saturated rings. The lowest BCUT2D eigenvalue weighted by molar-refractivity contribution is 0.137. The molecule has 3 nitrogen and oxygen atoms in total. The second kappa shape index (κ2) is 6.46.